The minimum Gasteiger partial charge on any atom is -0.495 e. The number of hydrogen-bond donors (Lipinski definition) is 1. The van der Waals surface area contributed by atoms with Crippen LogP contribution in [0.2, 0.25) is 5.02 Å². The second-order valence-corrected chi connectivity index (χ2v) is 9.88. The summed E-state index contributed by atoms with van der Waals surface area (Å²) >= 11 is 7.70. The molecule has 0 spiro atoms. The largest absolute Gasteiger partial charge is 0.495 e. The first-order chi connectivity index (χ1) is 13.3. The van der Waals surface area contributed by atoms with Crippen molar-refractivity contribution in [1.29, 1.82) is 0 Å². The van der Waals surface area contributed by atoms with Gasteiger partial charge in [0, 0.05) is 18.4 Å². The smallest absolute Gasteiger partial charge is 0.182 e. The van der Waals surface area contributed by atoms with Gasteiger partial charge in [-0.15, -0.1) is 11.3 Å². The number of rotatable bonds is 6. The predicted molar refractivity (Wildman–Crippen MR) is 111 cm³/mol. The molecule has 0 bridgehead atoms. The Balaban J connectivity index is 2.03. The summed E-state index contributed by atoms with van der Waals surface area (Å²) in [6.45, 7) is 0. The average molecular weight is 440 g/mol. The van der Waals surface area contributed by atoms with Crippen molar-refractivity contribution in [2.24, 2.45) is 5.92 Å². The molecule has 1 heterocycles. The summed E-state index contributed by atoms with van der Waals surface area (Å²) in [6.07, 6.45) is 0.827. The van der Waals surface area contributed by atoms with Crippen LogP contribution in [0.25, 0.3) is 0 Å². The van der Waals surface area contributed by atoms with E-state index in [1.165, 1.54) is 30.6 Å². The summed E-state index contributed by atoms with van der Waals surface area (Å²) in [5, 5.41) is 1.70. The van der Waals surface area contributed by atoms with Crippen LogP contribution in [-0.4, -0.2) is 34.5 Å². The number of carbonyl (C=O) groups excluding carboxylic acids is 3. The summed E-state index contributed by atoms with van der Waals surface area (Å²) < 4.78 is 21.6. The Labute approximate surface area is 172 Å². The second kappa shape index (κ2) is 8.06. The summed E-state index contributed by atoms with van der Waals surface area (Å²) in [5.41, 5.74) is 0.124. The van der Waals surface area contributed by atoms with Gasteiger partial charge in [-0.1, -0.05) is 17.7 Å². The Bertz CT molecular complexity index is 1030. The van der Waals surface area contributed by atoms with Crippen LogP contribution >= 0.6 is 22.9 Å². The molecule has 6 nitrogen and oxygen atoms in total. The molecule has 0 amide bonds. The fourth-order valence-corrected chi connectivity index (χ4v) is 5.68. The number of Topliss-reactive ketones (excluding diaryl/α,β-unsaturated/α-hetero) is 3. The van der Waals surface area contributed by atoms with Crippen LogP contribution in [0.1, 0.15) is 29.6 Å². The van der Waals surface area contributed by atoms with E-state index >= 15 is 0 Å². The Kier molecular flexibility index (Phi) is 5.92. The lowest BCUT2D eigenvalue weighted by atomic mass is 9.81. The van der Waals surface area contributed by atoms with Gasteiger partial charge in [-0.05, 0) is 35.9 Å². The molecule has 148 valence electrons. The average Bonchev–Trinajstić information content (AvgIpc) is 3.18. The van der Waals surface area contributed by atoms with Crippen molar-refractivity contribution in [3.63, 3.8) is 0 Å². The molecular weight excluding hydrogens is 422 g/mol. The number of benzene rings is 1. The molecule has 1 N–H and O–H groups in total. The molecule has 3 rings (SSSR count). The number of ketones is 3. The number of nitrogens with one attached hydrogen (secondary N) is 1. The van der Waals surface area contributed by atoms with Crippen LogP contribution < -0.4 is 9.46 Å². The monoisotopic (exact) mass is 439 g/mol. The van der Waals surface area contributed by atoms with Gasteiger partial charge in [0.15, 0.2) is 17.3 Å². The molecule has 1 unspecified atom stereocenters. The van der Waals surface area contributed by atoms with Crippen molar-refractivity contribution in [2.45, 2.75) is 23.5 Å². The summed E-state index contributed by atoms with van der Waals surface area (Å²) in [5.74, 6) is 1.20. The molecule has 1 atom stereocenters. The summed E-state index contributed by atoms with van der Waals surface area (Å²) in [4.78, 5) is 37.2. The molecule has 1 saturated carbocycles. The summed E-state index contributed by atoms with van der Waals surface area (Å²) in [6, 6.07) is 6.29. The van der Waals surface area contributed by atoms with Crippen molar-refractivity contribution < 1.29 is 23.3 Å². The zero-order valence-electron chi connectivity index (χ0n) is 15.0. The van der Waals surface area contributed by atoms with E-state index in [2.05, 4.69) is 10.6 Å². The number of carbonyl (C=O) groups is 3. The highest BCUT2D eigenvalue weighted by Crippen LogP contribution is 2.38. The fourth-order valence-electron chi connectivity index (χ4n) is 3.03. The van der Waals surface area contributed by atoms with Crippen molar-refractivity contribution >= 4 is 61.6 Å². The SMILES string of the molecule is C=S(=O)(Nc1c(OC)ccc(C(=O)C2C(=O)CCCC2=O)c1Cl)c1cccs1. The van der Waals surface area contributed by atoms with Gasteiger partial charge in [0.25, 0.3) is 0 Å². The molecule has 0 radical (unpaired) electrons. The van der Waals surface area contributed by atoms with Gasteiger partial charge in [0.1, 0.15) is 21.6 Å². The zero-order valence-corrected chi connectivity index (χ0v) is 17.4. The molecule has 0 aliphatic heterocycles. The lowest BCUT2D eigenvalue weighted by Gasteiger charge is -2.21. The fraction of sp³-hybridized carbons (Fsp3) is 0.263. The Morgan fingerprint density at radius 1 is 1.29 bits per heavy atom. The number of hydrogen-bond acceptors (Lipinski definition) is 6. The molecule has 9 heteroatoms. The van der Waals surface area contributed by atoms with E-state index in [0.717, 1.165) is 0 Å². The van der Waals surface area contributed by atoms with E-state index in [0.29, 0.717) is 10.6 Å². The van der Waals surface area contributed by atoms with E-state index in [9.17, 15) is 18.6 Å². The van der Waals surface area contributed by atoms with Gasteiger partial charge < -0.3 is 9.46 Å². The lowest BCUT2D eigenvalue weighted by molar-refractivity contribution is -0.133. The van der Waals surface area contributed by atoms with E-state index in [4.69, 9.17) is 16.3 Å². The second-order valence-electron chi connectivity index (χ2n) is 6.30. The number of methoxy groups -OCH3 is 1. The van der Waals surface area contributed by atoms with E-state index in [1.807, 2.05) is 0 Å². The highest BCUT2D eigenvalue weighted by Gasteiger charge is 2.37. The number of anilines is 1. The van der Waals surface area contributed by atoms with Crippen LogP contribution in [0.5, 0.6) is 5.75 Å². The minimum atomic E-state index is -2.96. The van der Waals surface area contributed by atoms with E-state index in [1.54, 1.807) is 17.5 Å². The topological polar surface area (TPSA) is 89.5 Å². The molecule has 1 fully saturated rings. The Morgan fingerprint density at radius 3 is 2.54 bits per heavy atom. The molecule has 1 aliphatic carbocycles. The number of halogens is 1. The predicted octanol–water partition coefficient (Wildman–Crippen LogP) is 3.63. The van der Waals surface area contributed by atoms with Crippen LogP contribution in [0.3, 0.4) is 0 Å². The zero-order chi connectivity index (χ0) is 20.5. The molecule has 2 aromatic rings. The van der Waals surface area contributed by atoms with Crippen molar-refractivity contribution in [1.82, 2.24) is 0 Å². The normalized spacial score (nSPS) is 17.2. The standard InChI is InChI=1S/C19H18ClNO5S2/c1-26-14-9-8-11(19(24)16-12(22)5-3-6-13(16)23)17(20)18(14)21-28(2,25)15-7-4-10-27-15/h4,7-10,16H,2-3,5-6H2,1H3,(H,21,25). The maximum absolute atomic E-state index is 13.0. The minimum absolute atomic E-state index is 0.0000498. The highest BCUT2D eigenvalue weighted by atomic mass is 35.5. The van der Waals surface area contributed by atoms with Gasteiger partial charge in [0.2, 0.25) is 0 Å². The van der Waals surface area contributed by atoms with E-state index < -0.39 is 33.0 Å². The molecule has 1 aromatic carbocycles. The molecule has 1 aliphatic rings. The summed E-state index contributed by atoms with van der Waals surface area (Å²) in [7, 11) is -1.55. The van der Waals surface area contributed by atoms with Gasteiger partial charge in [-0.25, -0.2) is 4.21 Å². The van der Waals surface area contributed by atoms with Crippen LogP contribution in [0.4, 0.5) is 5.69 Å². The maximum Gasteiger partial charge on any atom is 0.182 e. The van der Waals surface area contributed by atoms with E-state index in [-0.39, 0.29) is 34.9 Å². The third kappa shape index (κ3) is 3.85. The third-order valence-corrected chi connectivity index (χ3v) is 7.90. The van der Waals surface area contributed by atoms with Crippen LogP contribution in [0.15, 0.2) is 33.9 Å². The maximum atomic E-state index is 13.0. The van der Waals surface area contributed by atoms with Gasteiger partial charge in [0.05, 0.1) is 21.8 Å². The highest BCUT2D eigenvalue weighted by molar-refractivity contribution is 8.03. The van der Waals surface area contributed by atoms with Crippen molar-refractivity contribution in [3.05, 3.63) is 40.2 Å². The Hall–Kier alpha value is -2.16. The molecular formula is C19H18ClNO5S2. The van der Waals surface area contributed by atoms with Crippen molar-refractivity contribution in [3.8, 4) is 5.75 Å². The number of ether oxygens (including phenoxy) is 1. The van der Waals surface area contributed by atoms with Crippen LogP contribution in [0, 0.1) is 5.92 Å². The quantitative estimate of drug-likeness (QED) is 0.421. The number of thiophene rings is 1. The molecule has 0 saturated heterocycles. The lowest BCUT2D eigenvalue weighted by Crippen LogP contribution is -2.35. The first-order valence-corrected chi connectivity index (χ1v) is 11.4. The van der Waals surface area contributed by atoms with Gasteiger partial charge in [-0.2, -0.15) is 0 Å². The molecule has 28 heavy (non-hydrogen) atoms. The first kappa shape index (κ1) is 20.6. The van der Waals surface area contributed by atoms with Crippen molar-refractivity contribution in [2.75, 3.05) is 11.8 Å². The first-order valence-electron chi connectivity index (χ1n) is 8.41. The third-order valence-electron chi connectivity index (χ3n) is 4.43. The van der Waals surface area contributed by atoms with Gasteiger partial charge >= 0.3 is 0 Å². The molecule has 1 aromatic heterocycles. The van der Waals surface area contributed by atoms with Crippen LogP contribution in [-0.2, 0) is 19.3 Å². The van der Waals surface area contributed by atoms with Gasteiger partial charge in [-0.3, -0.25) is 14.4 Å². The Morgan fingerprint density at radius 2 is 1.96 bits per heavy atom.